The maximum Gasteiger partial charge on any atom is 0.249 e. The lowest BCUT2D eigenvalue weighted by Gasteiger charge is -2.23. The Bertz CT molecular complexity index is 977. The van der Waals surface area contributed by atoms with Crippen LogP contribution >= 0.6 is 0 Å². The van der Waals surface area contributed by atoms with Crippen molar-refractivity contribution in [3.05, 3.63) is 40.8 Å². The number of anilines is 1. The highest BCUT2D eigenvalue weighted by Gasteiger charge is 2.41. The fourth-order valence-electron chi connectivity index (χ4n) is 4.13. The maximum atomic E-state index is 13.1. The molecule has 1 N–H and O–H groups in total. The van der Waals surface area contributed by atoms with Gasteiger partial charge in [0.1, 0.15) is 16.6 Å². The number of amides is 1. The van der Waals surface area contributed by atoms with Gasteiger partial charge in [-0.15, -0.1) is 0 Å². The summed E-state index contributed by atoms with van der Waals surface area (Å²) in [4.78, 5) is 12.9. The lowest BCUT2D eigenvalue weighted by Crippen LogP contribution is -2.43. The minimum Gasteiger partial charge on any atom is -0.360 e. The Kier molecular flexibility index (Phi) is 4.55. The summed E-state index contributed by atoms with van der Waals surface area (Å²) in [5, 5.41) is 6.65. The second kappa shape index (κ2) is 6.76. The van der Waals surface area contributed by atoms with Gasteiger partial charge in [0.05, 0.1) is 0 Å². The predicted octanol–water partition coefficient (Wildman–Crippen LogP) is 2.57. The number of nitrogens with one attached hydrogen (secondary N) is 1. The molecule has 1 aromatic heterocycles. The lowest BCUT2D eigenvalue weighted by atomic mass is 10.1. The molecule has 144 valence electrons. The van der Waals surface area contributed by atoms with Gasteiger partial charge >= 0.3 is 0 Å². The molecule has 1 aliphatic carbocycles. The zero-order chi connectivity index (χ0) is 19.2. The molecular formula is C19H23N3O4S. The Morgan fingerprint density at radius 1 is 1.22 bits per heavy atom. The highest BCUT2D eigenvalue weighted by molar-refractivity contribution is 7.89. The van der Waals surface area contributed by atoms with E-state index in [-0.39, 0.29) is 16.6 Å². The van der Waals surface area contributed by atoms with Crippen LogP contribution in [0.15, 0.2) is 27.6 Å². The number of rotatable bonds is 4. The van der Waals surface area contributed by atoms with Gasteiger partial charge < -0.3 is 9.84 Å². The lowest BCUT2D eigenvalue weighted by molar-refractivity contribution is -0.119. The number of carbonyl (C=O) groups is 1. The van der Waals surface area contributed by atoms with Gasteiger partial charge in [0.15, 0.2) is 5.76 Å². The molecule has 7 nitrogen and oxygen atoms in total. The van der Waals surface area contributed by atoms with Crippen molar-refractivity contribution < 1.29 is 17.7 Å². The van der Waals surface area contributed by atoms with E-state index in [1.54, 1.807) is 13.8 Å². The number of sulfonamides is 1. The van der Waals surface area contributed by atoms with E-state index in [0.29, 0.717) is 25.1 Å². The van der Waals surface area contributed by atoms with E-state index in [1.165, 1.54) is 15.4 Å². The zero-order valence-corrected chi connectivity index (χ0v) is 16.3. The van der Waals surface area contributed by atoms with Crippen molar-refractivity contribution >= 4 is 21.6 Å². The van der Waals surface area contributed by atoms with Gasteiger partial charge in [-0.3, -0.25) is 4.79 Å². The molecule has 0 saturated carbocycles. The molecule has 0 bridgehead atoms. The van der Waals surface area contributed by atoms with E-state index in [0.717, 1.165) is 24.9 Å². The molecule has 2 aromatic rings. The molecule has 1 aromatic carbocycles. The third-order valence-corrected chi connectivity index (χ3v) is 7.56. The van der Waals surface area contributed by atoms with Gasteiger partial charge in [0, 0.05) is 12.2 Å². The van der Waals surface area contributed by atoms with Crippen LogP contribution in [-0.4, -0.2) is 36.4 Å². The summed E-state index contributed by atoms with van der Waals surface area (Å²) in [6.45, 7) is 3.48. The summed E-state index contributed by atoms with van der Waals surface area (Å²) in [5.41, 5.74) is 3.63. The average molecular weight is 389 g/mol. The molecule has 1 fully saturated rings. The molecule has 1 amide bonds. The summed E-state index contributed by atoms with van der Waals surface area (Å²) in [5.74, 6) is -0.0436. The third kappa shape index (κ3) is 3.17. The summed E-state index contributed by atoms with van der Waals surface area (Å²) < 4.78 is 32.5. The molecule has 0 radical (unpaired) electrons. The van der Waals surface area contributed by atoms with Crippen molar-refractivity contribution in [2.24, 2.45) is 0 Å². The SMILES string of the molecule is Cc1noc(C)c1S(=O)(=O)N1CCC[C@H]1C(=O)Nc1ccc2c(c1)CCC2. The molecule has 27 heavy (non-hydrogen) atoms. The molecule has 0 unspecified atom stereocenters. The number of hydrogen-bond donors (Lipinski definition) is 1. The van der Waals surface area contributed by atoms with Crippen molar-refractivity contribution in [2.75, 3.05) is 11.9 Å². The van der Waals surface area contributed by atoms with Gasteiger partial charge in [-0.2, -0.15) is 4.31 Å². The van der Waals surface area contributed by atoms with Crippen LogP contribution < -0.4 is 5.32 Å². The van der Waals surface area contributed by atoms with Crippen LogP contribution in [-0.2, 0) is 27.7 Å². The minimum atomic E-state index is -3.84. The molecule has 1 aliphatic heterocycles. The first-order chi connectivity index (χ1) is 12.9. The van der Waals surface area contributed by atoms with E-state index < -0.39 is 16.1 Å². The number of fused-ring (bicyclic) bond motifs is 1. The number of nitrogens with zero attached hydrogens (tertiary/aromatic N) is 2. The molecule has 2 heterocycles. The van der Waals surface area contributed by atoms with Gasteiger partial charge in [-0.1, -0.05) is 11.2 Å². The van der Waals surface area contributed by atoms with E-state index >= 15 is 0 Å². The van der Waals surface area contributed by atoms with Gasteiger partial charge in [-0.25, -0.2) is 8.42 Å². The van der Waals surface area contributed by atoms with E-state index in [9.17, 15) is 13.2 Å². The van der Waals surface area contributed by atoms with Crippen LogP contribution in [0.3, 0.4) is 0 Å². The van der Waals surface area contributed by atoms with Crippen LogP contribution in [0.4, 0.5) is 5.69 Å². The van der Waals surface area contributed by atoms with Crippen molar-refractivity contribution in [2.45, 2.75) is 56.9 Å². The monoisotopic (exact) mass is 389 g/mol. The largest absolute Gasteiger partial charge is 0.360 e. The Labute approximate surface area is 158 Å². The summed E-state index contributed by atoms with van der Waals surface area (Å²) in [7, 11) is -3.84. The molecular weight excluding hydrogens is 366 g/mol. The van der Waals surface area contributed by atoms with Crippen molar-refractivity contribution in [3.8, 4) is 0 Å². The topological polar surface area (TPSA) is 92.5 Å². The Morgan fingerprint density at radius 3 is 2.74 bits per heavy atom. The van der Waals surface area contributed by atoms with Gasteiger partial charge in [0.25, 0.3) is 0 Å². The number of benzene rings is 1. The Morgan fingerprint density at radius 2 is 2.00 bits per heavy atom. The number of carbonyl (C=O) groups excluding carboxylic acids is 1. The second-order valence-corrected chi connectivity index (χ2v) is 9.08. The van der Waals surface area contributed by atoms with Gasteiger partial charge in [0.2, 0.25) is 15.9 Å². The van der Waals surface area contributed by atoms with Crippen LogP contribution in [0.1, 0.15) is 41.8 Å². The van der Waals surface area contributed by atoms with Crippen molar-refractivity contribution in [1.29, 1.82) is 0 Å². The first kappa shape index (κ1) is 18.2. The standard InChI is InChI=1S/C19H23N3O4S/c1-12-18(13(2)26-21-12)27(24,25)22-10-4-7-17(22)19(23)20-16-9-8-14-5-3-6-15(14)11-16/h8-9,11,17H,3-7,10H2,1-2H3,(H,20,23)/t17-/m0/s1. The van der Waals surface area contributed by atoms with Gasteiger partial charge in [-0.05, 0) is 69.2 Å². The molecule has 8 heteroatoms. The highest BCUT2D eigenvalue weighted by atomic mass is 32.2. The number of aromatic nitrogens is 1. The normalized spacial score (nSPS) is 20.0. The third-order valence-electron chi connectivity index (χ3n) is 5.41. The van der Waals surface area contributed by atoms with E-state index in [1.807, 2.05) is 18.2 Å². The van der Waals surface area contributed by atoms with Crippen LogP contribution in [0.5, 0.6) is 0 Å². The van der Waals surface area contributed by atoms with E-state index in [2.05, 4.69) is 10.5 Å². The summed E-state index contributed by atoms with van der Waals surface area (Å²) in [6, 6.07) is 5.22. The van der Waals surface area contributed by atoms with Crippen LogP contribution in [0.25, 0.3) is 0 Å². The fraction of sp³-hybridized carbons (Fsp3) is 0.474. The first-order valence-corrected chi connectivity index (χ1v) is 10.7. The zero-order valence-electron chi connectivity index (χ0n) is 15.5. The van der Waals surface area contributed by atoms with Crippen LogP contribution in [0.2, 0.25) is 0 Å². The Hall–Kier alpha value is -2.19. The molecule has 1 atom stereocenters. The summed E-state index contributed by atoms with van der Waals surface area (Å²) in [6.07, 6.45) is 4.38. The van der Waals surface area contributed by atoms with Crippen molar-refractivity contribution in [1.82, 2.24) is 9.46 Å². The molecule has 0 spiro atoms. The first-order valence-electron chi connectivity index (χ1n) is 9.25. The minimum absolute atomic E-state index is 0.0692. The number of aryl methyl sites for hydroxylation is 4. The van der Waals surface area contributed by atoms with Crippen molar-refractivity contribution in [3.63, 3.8) is 0 Å². The van der Waals surface area contributed by atoms with Crippen LogP contribution in [0, 0.1) is 13.8 Å². The predicted molar refractivity (Wildman–Crippen MR) is 100.0 cm³/mol. The quantitative estimate of drug-likeness (QED) is 0.868. The number of hydrogen-bond acceptors (Lipinski definition) is 5. The fourth-order valence-corrected chi connectivity index (χ4v) is 6.08. The smallest absolute Gasteiger partial charge is 0.249 e. The molecule has 1 saturated heterocycles. The maximum absolute atomic E-state index is 13.1. The highest BCUT2D eigenvalue weighted by Crippen LogP contribution is 2.31. The molecule has 4 rings (SSSR count). The second-order valence-electron chi connectivity index (χ2n) is 7.25. The molecule has 2 aliphatic rings. The average Bonchev–Trinajstić information content (AvgIpc) is 3.34. The Balaban J connectivity index is 1.57. The summed E-state index contributed by atoms with van der Waals surface area (Å²) >= 11 is 0. The van der Waals surface area contributed by atoms with E-state index in [4.69, 9.17) is 4.52 Å².